The fourth-order valence-corrected chi connectivity index (χ4v) is 2.23. The zero-order valence-electron chi connectivity index (χ0n) is 11.4. The molecule has 110 valence electrons. The minimum absolute atomic E-state index is 0.0535. The molecule has 2 atom stereocenters. The predicted octanol–water partition coefficient (Wildman–Crippen LogP) is 2.60. The van der Waals surface area contributed by atoms with Gasteiger partial charge in [0.05, 0.1) is 17.1 Å². The molecule has 1 aromatic rings. The van der Waals surface area contributed by atoms with Gasteiger partial charge in [0.1, 0.15) is 12.4 Å². The second-order valence-corrected chi connectivity index (χ2v) is 4.95. The molecule has 1 N–H and O–H groups in total. The molecule has 1 aromatic carbocycles. The molecule has 1 saturated heterocycles. The van der Waals surface area contributed by atoms with Crippen LogP contribution in [0.1, 0.15) is 37.9 Å². The topological polar surface area (TPSA) is 81.8 Å². The summed E-state index contributed by atoms with van der Waals surface area (Å²) < 4.78 is 11.2. The van der Waals surface area contributed by atoms with Gasteiger partial charge in [-0.25, -0.2) is 0 Å². The summed E-state index contributed by atoms with van der Waals surface area (Å²) in [5.41, 5.74) is 0.372. The number of benzene rings is 1. The molecule has 20 heavy (non-hydrogen) atoms. The highest BCUT2D eigenvalue weighted by molar-refractivity contribution is 5.44. The first-order chi connectivity index (χ1) is 9.58. The van der Waals surface area contributed by atoms with Crippen molar-refractivity contribution in [2.75, 3.05) is 13.2 Å². The SMILES string of the molecule is C[C@H](O)c1cc([N+](=O)[O-])ccc1OCC1CCCCO1. The van der Waals surface area contributed by atoms with E-state index in [1.165, 1.54) is 18.2 Å². The van der Waals surface area contributed by atoms with Crippen molar-refractivity contribution >= 4 is 5.69 Å². The van der Waals surface area contributed by atoms with Gasteiger partial charge < -0.3 is 14.6 Å². The molecule has 0 amide bonds. The Labute approximate surface area is 117 Å². The van der Waals surface area contributed by atoms with Crippen molar-refractivity contribution in [3.05, 3.63) is 33.9 Å². The fraction of sp³-hybridized carbons (Fsp3) is 0.571. The van der Waals surface area contributed by atoms with Gasteiger partial charge in [-0.1, -0.05) is 0 Å². The number of ether oxygens (including phenoxy) is 2. The molecule has 1 unspecified atom stereocenters. The van der Waals surface area contributed by atoms with Gasteiger partial charge in [0.25, 0.3) is 5.69 Å². The summed E-state index contributed by atoms with van der Waals surface area (Å²) in [6.45, 7) is 2.71. The third-order valence-electron chi connectivity index (χ3n) is 3.35. The van der Waals surface area contributed by atoms with Gasteiger partial charge in [-0.3, -0.25) is 10.1 Å². The first-order valence-electron chi connectivity index (χ1n) is 6.78. The van der Waals surface area contributed by atoms with E-state index in [1.54, 1.807) is 6.92 Å². The van der Waals surface area contributed by atoms with E-state index < -0.39 is 11.0 Å². The van der Waals surface area contributed by atoms with E-state index in [0.29, 0.717) is 17.9 Å². The van der Waals surface area contributed by atoms with Crippen LogP contribution in [0.4, 0.5) is 5.69 Å². The lowest BCUT2D eigenvalue weighted by atomic mass is 10.1. The number of aliphatic hydroxyl groups is 1. The Morgan fingerprint density at radius 1 is 1.55 bits per heavy atom. The quantitative estimate of drug-likeness (QED) is 0.662. The maximum atomic E-state index is 10.8. The summed E-state index contributed by atoms with van der Waals surface area (Å²) in [6, 6.07) is 4.26. The highest BCUT2D eigenvalue weighted by Crippen LogP contribution is 2.29. The lowest BCUT2D eigenvalue weighted by Gasteiger charge is -2.23. The second-order valence-electron chi connectivity index (χ2n) is 4.95. The molecule has 2 rings (SSSR count). The second kappa shape index (κ2) is 6.67. The first-order valence-corrected chi connectivity index (χ1v) is 6.78. The minimum Gasteiger partial charge on any atom is -0.490 e. The Balaban J connectivity index is 2.07. The zero-order chi connectivity index (χ0) is 14.5. The van der Waals surface area contributed by atoms with Crippen molar-refractivity contribution in [3.63, 3.8) is 0 Å². The van der Waals surface area contributed by atoms with Gasteiger partial charge >= 0.3 is 0 Å². The molecule has 0 radical (unpaired) electrons. The summed E-state index contributed by atoms with van der Waals surface area (Å²) in [5.74, 6) is 0.472. The van der Waals surface area contributed by atoms with Crippen LogP contribution in [0.3, 0.4) is 0 Å². The Morgan fingerprint density at radius 2 is 2.35 bits per heavy atom. The average molecular weight is 281 g/mol. The molecule has 1 fully saturated rings. The average Bonchev–Trinajstić information content (AvgIpc) is 2.45. The number of nitro benzene ring substituents is 1. The Morgan fingerprint density at radius 3 is 2.95 bits per heavy atom. The number of nitro groups is 1. The van der Waals surface area contributed by atoms with Crippen LogP contribution in [0.2, 0.25) is 0 Å². The van der Waals surface area contributed by atoms with E-state index >= 15 is 0 Å². The van der Waals surface area contributed by atoms with E-state index in [4.69, 9.17) is 9.47 Å². The van der Waals surface area contributed by atoms with Gasteiger partial charge in [-0.2, -0.15) is 0 Å². The van der Waals surface area contributed by atoms with Crippen LogP contribution in [0, 0.1) is 10.1 Å². The number of non-ortho nitro benzene ring substituents is 1. The smallest absolute Gasteiger partial charge is 0.270 e. The minimum atomic E-state index is -0.822. The van der Waals surface area contributed by atoms with Crippen molar-refractivity contribution in [2.24, 2.45) is 0 Å². The van der Waals surface area contributed by atoms with Crippen molar-refractivity contribution < 1.29 is 19.5 Å². The van der Waals surface area contributed by atoms with E-state index in [0.717, 1.165) is 25.9 Å². The van der Waals surface area contributed by atoms with Crippen molar-refractivity contribution in [1.82, 2.24) is 0 Å². The zero-order valence-corrected chi connectivity index (χ0v) is 11.4. The van der Waals surface area contributed by atoms with Crippen molar-refractivity contribution in [1.29, 1.82) is 0 Å². The third kappa shape index (κ3) is 3.68. The molecular formula is C14H19NO5. The predicted molar refractivity (Wildman–Crippen MR) is 72.8 cm³/mol. The van der Waals surface area contributed by atoms with Crippen LogP contribution < -0.4 is 4.74 Å². The molecule has 0 bridgehead atoms. The highest BCUT2D eigenvalue weighted by Gasteiger charge is 2.18. The number of aliphatic hydroxyl groups excluding tert-OH is 1. The monoisotopic (exact) mass is 281 g/mol. The molecule has 6 heteroatoms. The Bertz CT molecular complexity index is 469. The van der Waals surface area contributed by atoms with Gasteiger partial charge in [0, 0.05) is 24.3 Å². The van der Waals surface area contributed by atoms with Crippen LogP contribution in [0.25, 0.3) is 0 Å². The first kappa shape index (κ1) is 14.7. The Hall–Kier alpha value is -1.66. The molecule has 0 aliphatic carbocycles. The van der Waals surface area contributed by atoms with Crippen LogP contribution in [-0.2, 0) is 4.74 Å². The maximum Gasteiger partial charge on any atom is 0.270 e. The number of hydrogen-bond acceptors (Lipinski definition) is 5. The largest absolute Gasteiger partial charge is 0.490 e. The van der Waals surface area contributed by atoms with Crippen molar-refractivity contribution in [3.8, 4) is 5.75 Å². The summed E-state index contributed by atoms with van der Waals surface area (Å²) in [6.07, 6.45) is 2.39. The molecule has 1 aliphatic heterocycles. The van der Waals surface area contributed by atoms with Gasteiger partial charge in [0.2, 0.25) is 0 Å². The molecule has 6 nitrogen and oxygen atoms in total. The molecule has 1 heterocycles. The number of hydrogen-bond donors (Lipinski definition) is 1. The molecular weight excluding hydrogens is 262 g/mol. The summed E-state index contributed by atoms with van der Waals surface area (Å²) >= 11 is 0. The molecule has 0 saturated carbocycles. The van der Waals surface area contributed by atoms with Crippen LogP contribution in [0.5, 0.6) is 5.75 Å². The maximum absolute atomic E-state index is 10.8. The van der Waals surface area contributed by atoms with Gasteiger partial charge in [-0.15, -0.1) is 0 Å². The molecule has 0 aromatic heterocycles. The summed E-state index contributed by atoms with van der Waals surface area (Å²) in [7, 11) is 0. The van der Waals surface area contributed by atoms with Gasteiger partial charge in [0.15, 0.2) is 0 Å². The lowest BCUT2D eigenvalue weighted by molar-refractivity contribution is -0.385. The van der Waals surface area contributed by atoms with E-state index in [9.17, 15) is 15.2 Å². The molecule has 0 spiro atoms. The highest BCUT2D eigenvalue weighted by atomic mass is 16.6. The van der Waals surface area contributed by atoms with Crippen LogP contribution >= 0.6 is 0 Å². The van der Waals surface area contributed by atoms with E-state index in [1.807, 2.05) is 0 Å². The molecule has 1 aliphatic rings. The lowest BCUT2D eigenvalue weighted by Crippen LogP contribution is -2.26. The van der Waals surface area contributed by atoms with Crippen LogP contribution in [-0.4, -0.2) is 29.3 Å². The number of rotatable bonds is 5. The summed E-state index contributed by atoms with van der Waals surface area (Å²) in [4.78, 5) is 10.3. The van der Waals surface area contributed by atoms with Crippen molar-refractivity contribution in [2.45, 2.75) is 38.4 Å². The summed E-state index contributed by atoms with van der Waals surface area (Å²) in [5, 5.41) is 20.5. The third-order valence-corrected chi connectivity index (χ3v) is 3.35. The normalized spacial score (nSPS) is 20.4. The number of nitrogens with zero attached hydrogens (tertiary/aromatic N) is 1. The van der Waals surface area contributed by atoms with Crippen LogP contribution in [0.15, 0.2) is 18.2 Å². The fourth-order valence-electron chi connectivity index (χ4n) is 2.23. The van der Waals surface area contributed by atoms with E-state index in [2.05, 4.69) is 0 Å². The standard InChI is InChI=1S/C14H19NO5/c1-10(16)13-8-11(15(17)18)5-6-14(13)20-9-12-4-2-3-7-19-12/h5-6,8,10,12,16H,2-4,7,9H2,1H3/t10-,12?/m0/s1. The van der Waals surface area contributed by atoms with E-state index in [-0.39, 0.29) is 11.8 Å². The Kier molecular flexibility index (Phi) is 4.92. The van der Waals surface area contributed by atoms with Gasteiger partial charge in [-0.05, 0) is 32.3 Å².